The molecule has 2 aliphatic heterocycles. The van der Waals surface area contributed by atoms with Crippen LogP contribution >= 0.6 is 27.3 Å². The molecule has 4 rings (SSSR count). The van der Waals surface area contributed by atoms with Gasteiger partial charge in [0.2, 0.25) is 0 Å². The molecule has 1 fully saturated rings. The number of nitrogens with one attached hydrogen (secondary N) is 1. The second-order valence-electron chi connectivity index (χ2n) is 8.58. The monoisotopic (exact) mass is 624 g/mol. The molecule has 0 radical (unpaired) electrons. The number of esters is 2. The number of carbonyl (C=O) groups excluding carboxylic acids is 2. The second kappa shape index (κ2) is 12.8. The lowest BCUT2D eigenvalue weighted by molar-refractivity contribution is -0.149. The molecule has 2 aliphatic rings. The van der Waals surface area contributed by atoms with Crippen LogP contribution in [0.4, 0.5) is 4.39 Å². The summed E-state index contributed by atoms with van der Waals surface area (Å²) in [6.45, 7) is 2.45. The number of morpholine rings is 1. The van der Waals surface area contributed by atoms with Gasteiger partial charge in [0, 0.05) is 28.6 Å². The van der Waals surface area contributed by atoms with E-state index < -0.39 is 35.8 Å². The highest BCUT2D eigenvalue weighted by atomic mass is 79.9. The lowest BCUT2D eigenvalue weighted by Gasteiger charge is -2.35. The first kappa shape index (κ1) is 28.8. The van der Waals surface area contributed by atoms with Crippen molar-refractivity contribution < 1.29 is 38.1 Å². The molecule has 0 bridgehead atoms. The summed E-state index contributed by atoms with van der Waals surface area (Å²) in [6, 6.07) is 2.20. The van der Waals surface area contributed by atoms with E-state index in [0.717, 1.165) is 0 Å². The molecule has 2 aromatic rings. The van der Waals surface area contributed by atoms with Crippen LogP contribution in [-0.2, 0) is 35.0 Å². The molecule has 11 nitrogen and oxygen atoms in total. The molecule has 3 heterocycles. The first-order chi connectivity index (χ1) is 18.7. The van der Waals surface area contributed by atoms with Crippen LogP contribution in [0, 0.1) is 5.82 Å². The SMILES string of the molecule is CCOC(=O)C1=C(CN2CCOCC2C(=O)O)NC(c2nc(CC(=O)OC)cs2)=NC1c1ccc(F)cc1Br. The van der Waals surface area contributed by atoms with Gasteiger partial charge in [0.1, 0.15) is 17.9 Å². The molecule has 1 aromatic heterocycles. The van der Waals surface area contributed by atoms with Crippen LogP contribution in [-0.4, -0.2) is 84.8 Å². The third kappa shape index (κ3) is 6.69. The maximum atomic E-state index is 14.0. The van der Waals surface area contributed by atoms with E-state index in [1.165, 1.54) is 36.6 Å². The zero-order chi connectivity index (χ0) is 28.1. The number of amidine groups is 1. The van der Waals surface area contributed by atoms with Crippen molar-refractivity contribution >= 4 is 51.0 Å². The summed E-state index contributed by atoms with van der Waals surface area (Å²) >= 11 is 4.62. The average molecular weight is 625 g/mol. The minimum atomic E-state index is -1.05. The molecule has 1 aromatic carbocycles. The largest absolute Gasteiger partial charge is 0.480 e. The maximum absolute atomic E-state index is 14.0. The number of thiazole rings is 1. The number of aromatic nitrogens is 1. The summed E-state index contributed by atoms with van der Waals surface area (Å²) in [5, 5.41) is 15.1. The molecular formula is C25H26BrFN4O7S. The summed E-state index contributed by atoms with van der Waals surface area (Å²) in [6.07, 6.45) is -0.0297. The highest BCUT2D eigenvalue weighted by molar-refractivity contribution is 9.10. The molecule has 2 N–H and O–H groups in total. The van der Waals surface area contributed by atoms with E-state index in [4.69, 9.17) is 19.2 Å². The number of hydrogen-bond acceptors (Lipinski definition) is 11. The minimum Gasteiger partial charge on any atom is -0.480 e. The Labute approximate surface area is 235 Å². The number of ether oxygens (including phenoxy) is 3. The Morgan fingerprint density at radius 1 is 1.36 bits per heavy atom. The third-order valence-corrected chi connectivity index (χ3v) is 7.66. The van der Waals surface area contributed by atoms with Crippen molar-refractivity contribution in [1.82, 2.24) is 15.2 Å². The summed E-state index contributed by atoms with van der Waals surface area (Å²) < 4.78 is 29.8. The van der Waals surface area contributed by atoms with E-state index in [2.05, 4.69) is 26.2 Å². The standard InChI is InChI=1S/C25H26BrFN4O7S/c1-3-38-25(35)20-17(10-31-6-7-37-11-18(31)24(33)34)29-22(23-28-14(12-39-23)9-19(32)36-2)30-21(20)15-5-4-13(27)8-16(15)26/h4-5,8,12,18,21H,3,6-7,9-11H2,1-2H3,(H,29,30)(H,33,34). The van der Waals surface area contributed by atoms with Gasteiger partial charge in [-0.3, -0.25) is 19.5 Å². The lowest BCUT2D eigenvalue weighted by atomic mass is 9.95. The number of carbonyl (C=O) groups is 3. The zero-order valence-corrected chi connectivity index (χ0v) is 23.5. The van der Waals surface area contributed by atoms with Gasteiger partial charge in [-0.25, -0.2) is 14.2 Å². The Morgan fingerprint density at radius 3 is 2.85 bits per heavy atom. The Morgan fingerprint density at radius 2 is 2.15 bits per heavy atom. The van der Waals surface area contributed by atoms with Crippen LogP contribution in [0.25, 0.3) is 0 Å². The van der Waals surface area contributed by atoms with Crippen LogP contribution in [0.1, 0.15) is 29.2 Å². The van der Waals surface area contributed by atoms with E-state index in [0.29, 0.717) is 45.4 Å². The molecule has 14 heteroatoms. The van der Waals surface area contributed by atoms with E-state index in [-0.39, 0.29) is 31.8 Å². The number of carboxylic acids is 1. The van der Waals surface area contributed by atoms with Crippen LogP contribution < -0.4 is 5.32 Å². The number of nitrogens with zero attached hydrogens (tertiary/aromatic N) is 3. The predicted molar refractivity (Wildman–Crippen MR) is 142 cm³/mol. The Bertz CT molecular complexity index is 1330. The number of benzene rings is 1. The summed E-state index contributed by atoms with van der Waals surface area (Å²) in [5.41, 5.74) is 1.51. The van der Waals surface area contributed by atoms with Crippen LogP contribution in [0.2, 0.25) is 0 Å². The van der Waals surface area contributed by atoms with Gasteiger partial charge in [-0.05, 0) is 24.6 Å². The van der Waals surface area contributed by atoms with Crippen molar-refractivity contribution in [3.8, 4) is 0 Å². The molecule has 2 unspecified atom stereocenters. The fourth-order valence-electron chi connectivity index (χ4n) is 4.20. The minimum absolute atomic E-state index is 0.00535. The van der Waals surface area contributed by atoms with Gasteiger partial charge in [0.25, 0.3) is 0 Å². The average Bonchev–Trinajstić information content (AvgIpc) is 3.37. The molecule has 39 heavy (non-hydrogen) atoms. The topological polar surface area (TPSA) is 140 Å². The first-order valence-corrected chi connectivity index (χ1v) is 13.6. The van der Waals surface area contributed by atoms with Gasteiger partial charge in [-0.2, -0.15) is 0 Å². The third-order valence-electron chi connectivity index (χ3n) is 6.07. The second-order valence-corrected chi connectivity index (χ2v) is 10.3. The van der Waals surface area contributed by atoms with Gasteiger partial charge >= 0.3 is 17.9 Å². The smallest absolute Gasteiger partial charge is 0.338 e. The molecule has 2 atom stereocenters. The highest BCUT2D eigenvalue weighted by Crippen LogP contribution is 2.37. The van der Waals surface area contributed by atoms with Crippen molar-refractivity contribution in [2.45, 2.75) is 25.4 Å². The van der Waals surface area contributed by atoms with E-state index in [1.54, 1.807) is 17.2 Å². The van der Waals surface area contributed by atoms with E-state index in [9.17, 15) is 23.9 Å². The van der Waals surface area contributed by atoms with Gasteiger partial charge in [-0.15, -0.1) is 11.3 Å². The van der Waals surface area contributed by atoms with Crippen molar-refractivity contribution in [2.75, 3.05) is 40.0 Å². The Hall–Kier alpha value is -3.20. The molecule has 0 saturated carbocycles. The molecule has 0 spiro atoms. The van der Waals surface area contributed by atoms with Crippen molar-refractivity contribution in [3.63, 3.8) is 0 Å². The summed E-state index contributed by atoms with van der Waals surface area (Å²) in [4.78, 5) is 48.0. The number of aliphatic imine (C=N–C) groups is 1. The molecule has 208 valence electrons. The van der Waals surface area contributed by atoms with Crippen LogP contribution in [0.3, 0.4) is 0 Å². The fraction of sp³-hybridized carbons (Fsp3) is 0.400. The first-order valence-electron chi connectivity index (χ1n) is 12.0. The van der Waals surface area contributed by atoms with Crippen LogP contribution in [0.5, 0.6) is 0 Å². The van der Waals surface area contributed by atoms with E-state index in [1.807, 2.05) is 0 Å². The van der Waals surface area contributed by atoms with Gasteiger partial charge in [0.15, 0.2) is 10.8 Å². The number of hydrogen-bond donors (Lipinski definition) is 2. The quantitative estimate of drug-likeness (QED) is 0.400. The number of aliphatic carboxylic acids is 1. The normalized spacial score (nSPS) is 19.7. The molecule has 0 amide bonds. The Kier molecular flexibility index (Phi) is 9.43. The predicted octanol–water partition coefficient (Wildman–Crippen LogP) is 2.45. The number of halogens is 2. The highest BCUT2D eigenvalue weighted by Gasteiger charge is 2.37. The molecule has 1 saturated heterocycles. The summed E-state index contributed by atoms with van der Waals surface area (Å²) in [7, 11) is 1.29. The molecule has 0 aliphatic carbocycles. The van der Waals surface area contributed by atoms with Crippen molar-refractivity contribution in [2.24, 2.45) is 4.99 Å². The van der Waals surface area contributed by atoms with Gasteiger partial charge < -0.3 is 24.6 Å². The number of rotatable bonds is 9. The zero-order valence-electron chi connectivity index (χ0n) is 21.1. The maximum Gasteiger partial charge on any atom is 0.338 e. The molecular weight excluding hydrogens is 599 g/mol. The van der Waals surface area contributed by atoms with Crippen molar-refractivity contribution in [1.29, 1.82) is 0 Å². The number of carboxylic acid groups (broad SMARTS) is 1. The lowest BCUT2D eigenvalue weighted by Crippen LogP contribution is -2.52. The van der Waals surface area contributed by atoms with Crippen molar-refractivity contribution in [3.05, 3.63) is 61.4 Å². The van der Waals surface area contributed by atoms with Gasteiger partial charge in [0.05, 0.1) is 44.6 Å². The van der Waals surface area contributed by atoms with Gasteiger partial charge in [-0.1, -0.05) is 22.0 Å². The van der Waals surface area contributed by atoms with E-state index >= 15 is 0 Å². The number of methoxy groups -OCH3 is 1. The van der Waals surface area contributed by atoms with Crippen LogP contribution in [0.15, 0.2) is 44.3 Å². The fourth-order valence-corrected chi connectivity index (χ4v) is 5.54. The summed E-state index contributed by atoms with van der Waals surface area (Å²) in [5.74, 6) is -2.32. The Balaban J connectivity index is 1.82.